The highest BCUT2D eigenvalue weighted by Gasteiger charge is 2.20. The molecule has 0 amide bonds. The largest absolute Gasteiger partial charge is 0.459 e. The first-order chi connectivity index (χ1) is 11.7. The maximum absolute atomic E-state index is 12.8. The molecule has 24 heavy (non-hydrogen) atoms. The minimum atomic E-state index is -0.289. The lowest BCUT2D eigenvalue weighted by Gasteiger charge is -2.16. The van der Waals surface area contributed by atoms with Gasteiger partial charge < -0.3 is 4.74 Å². The van der Waals surface area contributed by atoms with Crippen LogP contribution in [0.4, 0.5) is 0 Å². The normalized spacial score (nSPS) is 10.6. The number of hydrogen-bond acceptors (Lipinski definition) is 2. The first-order valence-corrected chi connectivity index (χ1v) is 8.11. The lowest BCUT2D eigenvalue weighted by atomic mass is 9.92. The van der Waals surface area contributed by atoms with E-state index in [1.165, 1.54) is 0 Å². The fraction of sp³-hybridized carbons (Fsp3) is 0.136. The molecule has 0 saturated carbocycles. The Kier molecular flexibility index (Phi) is 4.76. The van der Waals surface area contributed by atoms with Gasteiger partial charge in [-0.25, -0.2) is 4.79 Å². The van der Waals surface area contributed by atoms with E-state index in [2.05, 4.69) is 0 Å². The third-order valence-electron chi connectivity index (χ3n) is 3.78. The van der Waals surface area contributed by atoms with E-state index in [0.717, 1.165) is 22.3 Å². The van der Waals surface area contributed by atoms with E-state index in [0.29, 0.717) is 5.56 Å². The zero-order chi connectivity index (χ0) is 16.9. The van der Waals surface area contributed by atoms with Gasteiger partial charge in [0.05, 0.1) is 11.7 Å². The van der Waals surface area contributed by atoms with Crippen molar-refractivity contribution in [2.45, 2.75) is 20.0 Å². The van der Waals surface area contributed by atoms with Crippen LogP contribution in [0.5, 0.6) is 0 Å². The molecule has 0 heterocycles. The standard InChI is InChI=1S/C22H20O2/c1-16(2)24-22(23)21-19(17-10-5-3-6-11-17)14-9-15-20(21)18-12-7-4-8-13-18/h3-16H,1-2H3. The molecule has 0 unspecified atom stereocenters. The lowest BCUT2D eigenvalue weighted by molar-refractivity contribution is 0.0380. The van der Waals surface area contributed by atoms with Crippen LogP contribution >= 0.6 is 0 Å². The van der Waals surface area contributed by atoms with Gasteiger partial charge in [-0.1, -0.05) is 78.9 Å². The third kappa shape index (κ3) is 3.38. The minimum absolute atomic E-state index is 0.162. The molecule has 0 N–H and O–H groups in total. The molecule has 0 aromatic heterocycles. The Bertz CT molecular complexity index is 763. The summed E-state index contributed by atoms with van der Waals surface area (Å²) in [5.41, 5.74) is 4.41. The molecule has 2 nitrogen and oxygen atoms in total. The molecule has 0 spiro atoms. The monoisotopic (exact) mass is 316 g/mol. The number of carbonyl (C=O) groups excluding carboxylic acids is 1. The van der Waals surface area contributed by atoms with Gasteiger partial charge in [0.25, 0.3) is 0 Å². The first kappa shape index (κ1) is 16.0. The van der Waals surface area contributed by atoms with Gasteiger partial charge >= 0.3 is 5.97 Å². The number of carbonyl (C=O) groups is 1. The number of esters is 1. The summed E-state index contributed by atoms with van der Waals surface area (Å²) in [5.74, 6) is -0.289. The van der Waals surface area contributed by atoms with Crippen molar-refractivity contribution in [2.24, 2.45) is 0 Å². The van der Waals surface area contributed by atoms with Crippen molar-refractivity contribution in [3.63, 3.8) is 0 Å². The Morgan fingerprint density at radius 3 is 1.58 bits per heavy atom. The Balaban J connectivity index is 2.21. The van der Waals surface area contributed by atoms with Gasteiger partial charge in [-0.3, -0.25) is 0 Å². The topological polar surface area (TPSA) is 26.3 Å². The van der Waals surface area contributed by atoms with Gasteiger partial charge in [0.1, 0.15) is 0 Å². The molecule has 0 aliphatic carbocycles. The number of ether oxygens (including phenoxy) is 1. The van der Waals surface area contributed by atoms with Crippen LogP contribution in [0.15, 0.2) is 78.9 Å². The van der Waals surface area contributed by atoms with Crippen molar-refractivity contribution in [3.05, 3.63) is 84.4 Å². The highest BCUT2D eigenvalue weighted by molar-refractivity contribution is 6.04. The molecule has 0 fully saturated rings. The summed E-state index contributed by atoms with van der Waals surface area (Å²) in [4.78, 5) is 12.8. The zero-order valence-electron chi connectivity index (χ0n) is 13.9. The molecule has 3 aromatic rings. The Labute approximate surface area is 142 Å². The van der Waals surface area contributed by atoms with Crippen molar-refractivity contribution in [2.75, 3.05) is 0 Å². The Morgan fingerprint density at radius 2 is 1.17 bits per heavy atom. The maximum Gasteiger partial charge on any atom is 0.339 e. The molecule has 3 aromatic carbocycles. The van der Waals surface area contributed by atoms with Crippen molar-refractivity contribution < 1.29 is 9.53 Å². The number of benzene rings is 3. The average Bonchev–Trinajstić information content (AvgIpc) is 2.62. The first-order valence-electron chi connectivity index (χ1n) is 8.11. The Morgan fingerprint density at radius 1 is 0.708 bits per heavy atom. The quantitative estimate of drug-likeness (QED) is 0.587. The zero-order valence-corrected chi connectivity index (χ0v) is 13.9. The van der Waals surface area contributed by atoms with Crippen LogP contribution in [-0.2, 0) is 4.74 Å². The third-order valence-corrected chi connectivity index (χ3v) is 3.78. The Hall–Kier alpha value is -2.87. The number of hydrogen-bond donors (Lipinski definition) is 0. The molecule has 0 atom stereocenters. The predicted octanol–water partition coefficient (Wildman–Crippen LogP) is 5.59. The summed E-state index contributed by atoms with van der Waals surface area (Å²) in [6.45, 7) is 3.73. The van der Waals surface area contributed by atoms with Gasteiger partial charge in [-0.15, -0.1) is 0 Å². The van der Waals surface area contributed by atoms with E-state index in [9.17, 15) is 4.79 Å². The molecule has 0 aliphatic heterocycles. The van der Waals surface area contributed by atoms with E-state index in [1.54, 1.807) is 0 Å². The molecule has 0 saturated heterocycles. The van der Waals surface area contributed by atoms with Crippen LogP contribution in [0.2, 0.25) is 0 Å². The van der Waals surface area contributed by atoms with Crippen molar-refractivity contribution in [3.8, 4) is 22.3 Å². The van der Waals surface area contributed by atoms with E-state index in [4.69, 9.17) is 4.74 Å². The van der Waals surface area contributed by atoms with Crippen LogP contribution in [0.3, 0.4) is 0 Å². The molecular weight excluding hydrogens is 296 g/mol. The van der Waals surface area contributed by atoms with Crippen LogP contribution < -0.4 is 0 Å². The molecule has 0 bridgehead atoms. The fourth-order valence-corrected chi connectivity index (χ4v) is 2.76. The van der Waals surface area contributed by atoms with Crippen LogP contribution in [-0.4, -0.2) is 12.1 Å². The van der Waals surface area contributed by atoms with Crippen molar-refractivity contribution in [1.82, 2.24) is 0 Å². The SMILES string of the molecule is CC(C)OC(=O)c1c(-c2ccccc2)cccc1-c1ccccc1. The van der Waals surface area contributed by atoms with Crippen LogP contribution in [0.1, 0.15) is 24.2 Å². The van der Waals surface area contributed by atoms with E-state index < -0.39 is 0 Å². The fourth-order valence-electron chi connectivity index (χ4n) is 2.76. The number of rotatable bonds is 4. The molecule has 120 valence electrons. The summed E-state index contributed by atoms with van der Waals surface area (Å²) in [6.07, 6.45) is -0.162. The second kappa shape index (κ2) is 7.14. The highest BCUT2D eigenvalue weighted by atomic mass is 16.5. The van der Waals surface area contributed by atoms with Gasteiger partial charge in [0.2, 0.25) is 0 Å². The van der Waals surface area contributed by atoms with Gasteiger partial charge in [0.15, 0.2) is 0 Å². The van der Waals surface area contributed by atoms with Gasteiger partial charge in [0, 0.05) is 0 Å². The molecule has 0 radical (unpaired) electrons. The summed E-state index contributed by atoms with van der Waals surface area (Å²) < 4.78 is 5.52. The predicted molar refractivity (Wildman–Crippen MR) is 97.9 cm³/mol. The van der Waals surface area contributed by atoms with Crippen molar-refractivity contribution >= 4 is 5.97 Å². The van der Waals surface area contributed by atoms with Crippen LogP contribution in [0.25, 0.3) is 22.3 Å². The molecular formula is C22H20O2. The van der Waals surface area contributed by atoms with E-state index in [1.807, 2.05) is 92.7 Å². The van der Waals surface area contributed by atoms with Gasteiger partial charge in [-0.05, 0) is 36.1 Å². The molecule has 0 aliphatic rings. The highest BCUT2D eigenvalue weighted by Crippen LogP contribution is 2.33. The molecule has 3 rings (SSSR count). The van der Waals surface area contributed by atoms with Crippen LogP contribution in [0, 0.1) is 0 Å². The maximum atomic E-state index is 12.8. The van der Waals surface area contributed by atoms with E-state index >= 15 is 0 Å². The summed E-state index contributed by atoms with van der Waals surface area (Å²) in [7, 11) is 0. The second-order valence-corrected chi connectivity index (χ2v) is 5.91. The van der Waals surface area contributed by atoms with Gasteiger partial charge in [-0.2, -0.15) is 0 Å². The summed E-state index contributed by atoms with van der Waals surface area (Å²) in [6, 6.07) is 25.8. The molecule has 2 heteroatoms. The summed E-state index contributed by atoms with van der Waals surface area (Å²) in [5, 5.41) is 0. The second-order valence-electron chi connectivity index (χ2n) is 5.91. The minimum Gasteiger partial charge on any atom is -0.459 e. The smallest absolute Gasteiger partial charge is 0.339 e. The van der Waals surface area contributed by atoms with Crippen molar-refractivity contribution in [1.29, 1.82) is 0 Å². The summed E-state index contributed by atoms with van der Waals surface area (Å²) >= 11 is 0. The van der Waals surface area contributed by atoms with E-state index in [-0.39, 0.29) is 12.1 Å². The lowest BCUT2D eigenvalue weighted by Crippen LogP contribution is -2.14. The average molecular weight is 316 g/mol.